The lowest BCUT2D eigenvalue weighted by molar-refractivity contribution is -0.119. The number of hydrogen-bond donors (Lipinski definition) is 2. The van der Waals surface area contributed by atoms with Crippen LogP contribution in [-0.2, 0) is 20.2 Å². The maximum atomic E-state index is 13.9. The lowest BCUT2D eigenvalue weighted by atomic mass is 10.0. The number of rotatable bonds is 5. The molecule has 0 atom stereocenters. The van der Waals surface area contributed by atoms with Crippen LogP contribution in [0.1, 0.15) is 18.4 Å². The fourth-order valence-corrected chi connectivity index (χ4v) is 4.75. The summed E-state index contributed by atoms with van der Waals surface area (Å²) in [6, 6.07) is 9.89. The van der Waals surface area contributed by atoms with Crippen LogP contribution in [0.15, 0.2) is 53.6 Å². The lowest BCUT2D eigenvalue weighted by Gasteiger charge is -2.19. The van der Waals surface area contributed by atoms with Crippen molar-refractivity contribution < 1.29 is 17.6 Å². The first-order valence-corrected chi connectivity index (χ1v) is 11.6. The van der Waals surface area contributed by atoms with Gasteiger partial charge in [-0.15, -0.1) is 0 Å². The molecule has 2 N–H and O–H groups in total. The maximum absolute atomic E-state index is 13.9. The Morgan fingerprint density at radius 1 is 1.16 bits per heavy atom. The highest BCUT2D eigenvalue weighted by atomic mass is 35.5. The summed E-state index contributed by atoms with van der Waals surface area (Å²) in [7, 11) is -2.21. The number of anilines is 4. The van der Waals surface area contributed by atoms with Gasteiger partial charge in [0.25, 0.3) is 0 Å². The van der Waals surface area contributed by atoms with E-state index in [0.29, 0.717) is 29.9 Å². The fourth-order valence-electron chi connectivity index (χ4n) is 3.82. The Balaban J connectivity index is 1.52. The van der Waals surface area contributed by atoms with E-state index in [1.165, 1.54) is 42.3 Å². The number of halogens is 2. The summed E-state index contributed by atoms with van der Waals surface area (Å²) < 4.78 is 40.0. The van der Waals surface area contributed by atoms with E-state index in [0.717, 1.165) is 0 Å². The average molecular weight is 474 g/mol. The van der Waals surface area contributed by atoms with E-state index in [1.807, 2.05) is 0 Å². The van der Waals surface area contributed by atoms with E-state index in [9.17, 15) is 17.6 Å². The number of sulfonamides is 1. The van der Waals surface area contributed by atoms with Crippen molar-refractivity contribution in [1.29, 1.82) is 0 Å². The third-order valence-electron chi connectivity index (χ3n) is 5.70. The summed E-state index contributed by atoms with van der Waals surface area (Å²) in [5.74, 6) is -0.157. The van der Waals surface area contributed by atoms with E-state index in [-0.39, 0.29) is 27.5 Å². The Hall–Kier alpha value is -3.08. The number of hydrogen-bond acceptors (Lipinski definition) is 6. The molecule has 1 aliphatic carbocycles. The third kappa shape index (κ3) is 3.22. The number of aromatic nitrogens is 2. The van der Waals surface area contributed by atoms with Crippen molar-refractivity contribution in [3.63, 3.8) is 0 Å². The average Bonchev–Trinajstić information content (AvgIpc) is 3.54. The summed E-state index contributed by atoms with van der Waals surface area (Å²) in [4.78, 5) is 23.6. The zero-order chi connectivity index (χ0) is 22.7. The van der Waals surface area contributed by atoms with Gasteiger partial charge in [-0.1, -0.05) is 11.6 Å². The van der Waals surface area contributed by atoms with Crippen LogP contribution in [0.3, 0.4) is 0 Å². The molecular weight excluding hydrogens is 457 g/mol. The first kappa shape index (κ1) is 20.8. The minimum absolute atomic E-state index is 0.119. The second-order valence-electron chi connectivity index (χ2n) is 7.61. The van der Waals surface area contributed by atoms with E-state index >= 15 is 0 Å². The van der Waals surface area contributed by atoms with E-state index < -0.39 is 21.3 Å². The lowest BCUT2D eigenvalue weighted by Crippen LogP contribution is -2.28. The van der Waals surface area contributed by atoms with Crippen LogP contribution in [-0.4, -0.2) is 31.3 Å². The highest BCUT2D eigenvalue weighted by Gasteiger charge is 2.61. The quantitative estimate of drug-likeness (QED) is 0.586. The van der Waals surface area contributed by atoms with Crippen molar-refractivity contribution in [2.24, 2.45) is 0 Å². The van der Waals surface area contributed by atoms with Crippen LogP contribution >= 0.6 is 11.6 Å². The smallest absolute Gasteiger partial charge is 0.243 e. The molecule has 164 valence electrons. The summed E-state index contributed by atoms with van der Waals surface area (Å²) in [6.45, 7) is 0. The molecule has 2 aromatic carbocycles. The zero-order valence-corrected chi connectivity index (χ0v) is 18.3. The van der Waals surface area contributed by atoms with Crippen molar-refractivity contribution >= 4 is 50.7 Å². The maximum Gasteiger partial charge on any atom is 0.243 e. The van der Waals surface area contributed by atoms with Crippen LogP contribution in [0.25, 0.3) is 0 Å². The Morgan fingerprint density at radius 2 is 1.88 bits per heavy atom. The topological polar surface area (TPSA) is 104 Å². The number of carbonyl (C=O) groups is 1. The predicted molar refractivity (Wildman–Crippen MR) is 117 cm³/mol. The van der Waals surface area contributed by atoms with Gasteiger partial charge in [-0.05, 0) is 62.4 Å². The van der Waals surface area contributed by atoms with Gasteiger partial charge in [-0.3, -0.25) is 9.69 Å². The standard InChI is InChI=1S/C21H17ClFN5O3S/c1-24-32(30,31)14-5-3-13(4-6-14)26-20-25-11-15-18(27-20)28(19(29)21(15)8-9-21)17-10-12(23)2-7-16(17)22/h2-7,10-11,24H,8-9H2,1H3,(H,25,26,27). The molecule has 3 aromatic rings. The molecule has 5 rings (SSSR count). The summed E-state index contributed by atoms with van der Waals surface area (Å²) in [6.07, 6.45) is 2.93. The van der Waals surface area contributed by atoms with Crippen LogP contribution in [0.4, 0.5) is 27.5 Å². The molecule has 32 heavy (non-hydrogen) atoms. The summed E-state index contributed by atoms with van der Waals surface area (Å²) in [5.41, 5.74) is 0.782. The van der Waals surface area contributed by atoms with Gasteiger partial charge in [0, 0.05) is 17.4 Å². The molecule has 1 amide bonds. The summed E-state index contributed by atoms with van der Waals surface area (Å²) in [5, 5.41) is 3.24. The molecule has 1 fully saturated rings. The predicted octanol–water partition coefficient (Wildman–Crippen LogP) is 3.63. The van der Waals surface area contributed by atoms with Crippen LogP contribution in [0.5, 0.6) is 0 Å². The molecule has 1 spiro atoms. The van der Waals surface area contributed by atoms with Crippen molar-refractivity contribution in [3.8, 4) is 0 Å². The molecule has 0 unspecified atom stereocenters. The van der Waals surface area contributed by atoms with Crippen molar-refractivity contribution in [2.45, 2.75) is 23.2 Å². The van der Waals surface area contributed by atoms with Gasteiger partial charge in [-0.2, -0.15) is 4.98 Å². The largest absolute Gasteiger partial charge is 0.324 e. The van der Waals surface area contributed by atoms with Crippen LogP contribution < -0.4 is 14.9 Å². The van der Waals surface area contributed by atoms with Crippen molar-refractivity contribution in [1.82, 2.24) is 14.7 Å². The molecule has 1 aromatic heterocycles. The molecule has 0 saturated heterocycles. The molecule has 2 heterocycles. The van der Waals surface area contributed by atoms with E-state index in [4.69, 9.17) is 11.6 Å². The molecule has 1 aliphatic heterocycles. The fraction of sp³-hybridized carbons (Fsp3) is 0.190. The third-order valence-corrected chi connectivity index (χ3v) is 7.45. The normalized spacial score (nSPS) is 16.3. The number of benzene rings is 2. The zero-order valence-electron chi connectivity index (χ0n) is 16.8. The van der Waals surface area contributed by atoms with E-state index in [2.05, 4.69) is 20.0 Å². The van der Waals surface area contributed by atoms with Gasteiger partial charge in [0.05, 0.1) is 21.0 Å². The number of nitrogens with zero attached hydrogens (tertiary/aromatic N) is 3. The molecular formula is C21H17ClFN5O3S. The van der Waals surface area contributed by atoms with Crippen LogP contribution in [0, 0.1) is 5.82 Å². The molecule has 11 heteroatoms. The van der Waals surface area contributed by atoms with Gasteiger partial charge in [-0.25, -0.2) is 22.5 Å². The molecule has 8 nitrogen and oxygen atoms in total. The Morgan fingerprint density at radius 3 is 2.53 bits per heavy atom. The van der Waals surface area contributed by atoms with Crippen molar-refractivity contribution in [3.05, 3.63) is 65.1 Å². The Bertz CT molecular complexity index is 1360. The second-order valence-corrected chi connectivity index (χ2v) is 9.90. The monoisotopic (exact) mass is 473 g/mol. The molecule has 0 bridgehead atoms. The van der Waals surface area contributed by atoms with Gasteiger partial charge in [0.1, 0.15) is 11.6 Å². The first-order chi connectivity index (χ1) is 15.2. The highest BCUT2D eigenvalue weighted by molar-refractivity contribution is 7.89. The van der Waals surface area contributed by atoms with Gasteiger partial charge < -0.3 is 5.32 Å². The summed E-state index contributed by atoms with van der Waals surface area (Å²) >= 11 is 6.28. The van der Waals surface area contributed by atoms with Gasteiger partial charge in [0.2, 0.25) is 21.9 Å². The van der Waals surface area contributed by atoms with E-state index in [1.54, 1.807) is 18.3 Å². The second kappa shape index (κ2) is 7.22. The molecule has 1 saturated carbocycles. The Labute approximate surface area is 188 Å². The highest BCUT2D eigenvalue weighted by Crippen LogP contribution is 2.58. The molecule has 2 aliphatic rings. The van der Waals surface area contributed by atoms with Gasteiger partial charge >= 0.3 is 0 Å². The number of carbonyl (C=O) groups excluding carboxylic acids is 1. The minimum Gasteiger partial charge on any atom is -0.324 e. The van der Waals surface area contributed by atoms with Gasteiger partial charge in [0.15, 0.2) is 0 Å². The minimum atomic E-state index is -3.55. The molecule has 0 radical (unpaired) electrons. The van der Waals surface area contributed by atoms with Crippen molar-refractivity contribution in [2.75, 3.05) is 17.3 Å². The Kier molecular flexibility index (Phi) is 4.70. The number of fused-ring (bicyclic) bond motifs is 2. The van der Waals surface area contributed by atoms with Crippen LogP contribution in [0.2, 0.25) is 5.02 Å². The first-order valence-electron chi connectivity index (χ1n) is 9.73. The number of nitrogens with one attached hydrogen (secondary N) is 2. The SMILES string of the molecule is CNS(=O)(=O)c1ccc(Nc2ncc3c(n2)N(c2cc(F)ccc2Cl)C(=O)C32CC2)cc1. The number of amides is 1.